The molecule has 1 aliphatic heterocycles. The van der Waals surface area contributed by atoms with E-state index in [0.717, 1.165) is 19.1 Å². The SMILES string of the molecule is CS(=O)(=O)C1CSCCN1C(=O)NC(CC(=O)O)C1CC1. The first-order valence-electron chi connectivity index (χ1n) is 6.84. The van der Waals surface area contributed by atoms with Gasteiger partial charge >= 0.3 is 12.0 Å². The minimum atomic E-state index is -3.36. The molecule has 9 heteroatoms. The maximum Gasteiger partial charge on any atom is 0.318 e. The largest absolute Gasteiger partial charge is 0.481 e. The zero-order valence-electron chi connectivity index (χ0n) is 11.8. The molecule has 2 atom stereocenters. The number of carboxylic acid groups (broad SMARTS) is 1. The normalized spacial score (nSPS) is 24.4. The molecule has 1 heterocycles. The van der Waals surface area contributed by atoms with E-state index >= 15 is 0 Å². The van der Waals surface area contributed by atoms with E-state index in [1.165, 1.54) is 16.7 Å². The van der Waals surface area contributed by atoms with Crippen LogP contribution in [0.4, 0.5) is 4.79 Å². The lowest BCUT2D eigenvalue weighted by Gasteiger charge is -2.35. The highest BCUT2D eigenvalue weighted by Gasteiger charge is 2.38. The van der Waals surface area contributed by atoms with Crippen molar-refractivity contribution in [3.63, 3.8) is 0 Å². The second-order valence-electron chi connectivity index (χ2n) is 5.54. The topological polar surface area (TPSA) is 104 Å². The van der Waals surface area contributed by atoms with Crippen LogP contribution in [-0.4, -0.2) is 66.1 Å². The lowest BCUT2D eigenvalue weighted by molar-refractivity contribution is -0.137. The molecule has 7 nitrogen and oxygen atoms in total. The Balaban J connectivity index is 2.04. The Bertz CT molecular complexity index is 518. The number of sulfone groups is 1. The molecule has 2 aliphatic rings. The number of hydrogen-bond acceptors (Lipinski definition) is 5. The minimum absolute atomic E-state index is 0.122. The summed E-state index contributed by atoms with van der Waals surface area (Å²) >= 11 is 1.50. The molecule has 0 aromatic carbocycles. The highest BCUT2D eigenvalue weighted by Crippen LogP contribution is 2.34. The van der Waals surface area contributed by atoms with Crippen LogP contribution < -0.4 is 5.32 Å². The highest BCUT2D eigenvalue weighted by molar-refractivity contribution is 8.00. The zero-order valence-corrected chi connectivity index (χ0v) is 13.5. The van der Waals surface area contributed by atoms with E-state index in [2.05, 4.69) is 5.32 Å². The van der Waals surface area contributed by atoms with E-state index in [1.54, 1.807) is 0 Å². The third-order valence-corrected chi connectivity index (χ3v) is 6.38. The number of nitrogens with one attached hydrogen (secondary N) is 1. The molecular weight excluding hydrogens is 316 g/mol. The van der Waals surface area contributed by atoms with Crippen LogP contribution in [0.25, 0.3) is 0 Å². The molecule has 2 fully saturated rings. The maximum absolute atomic E-state index is 12.3. The number of carboxylic acids is 1. The number of hydrogen-bond donors (Lipinski definition) is 2. The standard InChI is InChI=1S/C12H20N2O5S2/c1-21(18,19)10-7-20-5-4-14(10)12(17)13-9(6-11(15)16)8-2-3-8/h8-10H,2-7H2,1H3,(H,13,17)(H,15,16). The van der Waals surface area contributed by atoms with Crippen molar-refractivity contribution in [3.05, 3.63) is 0 Å². The molecule has 0 aromatic heterocycles. The summed E-state index contributed by atoms with van der Waals surface area (Å²) in [6.07, 6.45) is 2.81. The number of thioether (sulfide) groups is 1. The number of nitrogens with zero attached hydrogens (tertiary/aromatic N) is 1. The van der Waals surface area contributed by atoms with Crippen molar-refractivity contribution in [3.8, 4) is 0 Å². The molecule has 2 rings (SSSR count). The van der Waals surface area contributed by atoms with E-state index in [1.807, 2.05) is 0 Å². The summed E-state index contributed by atoms with van der Waals surface area (Å²) in [5.41, 5.74) is 0. The first kappa shape index (κ1) is 16.4. The third-order valence-electron chi connectivity index (χ3n) is 3.73. The first-order chi connectivity index (χ1) is 9.79. The Kier molecular flexibility index (Phi) is 5.03. The predicted molar refractivity (Wildman–Crippen MR) is 80.0 cm³/mol. The summed E-state index contributed by atoms with van der Waals surface area (Å²) in [7, 11) is -3.36. The zero-order chi connectivity index (χ0) is 15.6. The average Bonchev–Trinajstić information content (AvgIpc) is 3.20. The molecule has 2 unspecified atom stereocenters. The number of rotatable bonds is 5. The van der Waals surface area contributed by atoms with Gasteiger partial charge in [-0.25, -0.2) is 13.2 Å². The van der Waals surface area contributed by atoms with Gasteiger partial charge < -0.3 is 15.3 Å². The van der Waals surface area contributed by atoms with Crippen LogP contribution in [0.15, 0.2) is 0 Å². The molecular formula is C12H20N2O5S2. The predicted octanol–water partition coefficient (Wildman–Crippen LogP) is 0.369. The molecule has 1 saturated heterocycles. The number of carbonyl (C=O) groups is 2. The monoisotopic (exact) mass is 336 g/mol. The fraction of sp³-hybridized carbons (Fsp3) is 0.833. The lowest BCUT2D eigenvalue weighted by Crippen LogP contribution is -2.55. The van der Waals surface area contributed by atoms with Gasteiger partial charge in [-0.3, -0.25) is 4.79 Å². The molecule has 0 bridgehead atoms. The second-order valence-corrected chi connectivity index (χ2v) is 8.90. The van der Waals surface area contributed by atoms with E-state index in [-0.39, 0.29) is 12.3 Å². The van der Waals surface area contributed by atoms with Crippen LogP contribution in [0.2, 0.25) is 0 Å². The van der Waals surface area contributed by atoms with Crippen molar-refractivity contribution in [2.75, 3.05) is 24.3 Å². The quantitative estimate of drug-likeness (QED) is 0.752. The first-order valence-corrected chi connectivity index (χ1v) is 9.95. The van der Waals surface area contributed by atoms with Crippen LogP contribution in [0, 0.1) is 5.92 Å². The van der Waals surface area contributed by atoms with Gasteiger partial charge in [-0.1, -0.05) is 0 Å². The molecule has 1 aliphatic carbocycles. The van der Waals surface area contributed by atoms with Crippen LogP contribution in [0.5, 0.6) is 0 Å². The van der Waals surface area contributed by atoms with E-state index in [9.17, 15) is 18.0 Å². The van der Waals surface area contributed by atoms with Gasteiger partial charge in [0.2, 0.25) is 0 Å². The summed E-state index contributed by atoms with van der Waals surface area (Å²) in [5.74, 6) is 0.285. The fourth-order valence-electron chi connectivity index (χ4n) is 2.43. The Morgan fingerprint density at radius 1 is 1.43 bits per heavy atom. The molecule has 21 heavy (non-hydrogen) atoms. The Morgan fingerprint density at radius 3 is 2.62 bits per heavy atom. The summed E-state index contributed by atoms with van der Waals surface area (Å²) < 4.78 is 23.6. The van der Waals surface area contributed by atoms with Crippen LogP contribution in [-0.2, 0) is 14.6 Å². The Morgan fingerprint density at radius 2 is 2.10 bits per heavy atom. The van der Waals surface area contributed by atoms with Gasteiger partial charge in [0.25, 0.3) is 0 Å². The van der Waals surface area contributed by atoms with Gasteiger partial charge in [0.05, 0.1) is 6.42 Å². The van der Waals surface area contributed by atoms with Gasteiger partial charge in [0, 0.05) is 30.3 Å². The van der Waals surface area contributed by atoms with Crippen molar-refractivity contribution in [1.29, 1.82) is 0 Å². The molecule has 0 radical (unpaired) electrons. The molecule has 0 aromatic rings. The lowest BCUT2D eigenvalue weighted by atomic mass is 10.1. The highest BCUT2D eigenvalue weighted by atomic mass is 32.2. The maximum atomic E-state index is 12.3. The van der Waals surface area contributed by atoms with Crippen molar-refractivity contribution in [1.82, 2.24) is 10.2 Å². The average molecular weight is 336 g/mol. The van der Waals surface area contributed by atoms with Gasteiger partial charge in [-0.05, 0) is 18.8 Å². The minimum Gasteiger partial charge on any atom is -0.481 e. The van der Waals surface area contributed by atoms with E-state index in [0.29, 0.717) is 18.1 Å². The third kappa shape index (κ3) is 4.50. The number of carbonyl (C=O) groups excluding carboxylic acids is 1. The molecule has 1 saturated carbocycles. The molecule has 2 N–H and O–H groups in total. The smallest absolute Gasteiger partial charge is 0.318 e. The van der Waals surface area contributed by atoms with Gasteiger partial charge in [-0.15, -0.1) is 0 Å². The summed E-state index contributed by atoms with van der Waals surface area (Å²) in [5, 5.41) is 10.8. The van der Waals surface area contributed by atoms with Gasteiger partial charge in [0.15, 0.2) is 9.84 Å². The van der Waals surface area contributed by atoms with E-state index in [4.69, 9.17) is 5.11 Å². The molecule has 120 valence electrons. The summed E-state index contributed by atoms with van der Waals surface area (Å²) in [4.78, 5) is 24.5. The van der Waals surface area contributed by atoms with Gasteiger partial charge in [0.1, 0.15) is 5.37 Å². The second kappa shape index (κ2) is 6.43. The van der Waals surface area contributed by atoms with Crippen LogP contribution >= 0.6 is 11.8 Å². The van der Waals surface area contributed by atoms with Crippen molar-refractivity contribution in [2.45, 2.75) is 30.7 Å². The molecule has 0 spiro atoms. The number of aliphatic carboxylic acids is 1. The Labute approximate surface area is 128 Å². The Hall–Kier alpha value is -0.960. The number of amides is 2. The summed E-state index contributed by atoms with van der Waals surface area (Å²) in [6, 6.07) is -0.881. The number of urea groups is 1. The molecule has 2 amide bonds. The van der Waals surface area contributed by atoms with E-state index < -0.39 is 33.3 Å². The fourth-order valence-corrected chi connectivity index (χ4v) is 5.25. The van der Waals surface area contributed by atoms with Crippen molar-refractivity contribution < 1.29 is 23.1 Å². The van der Waals surface area contributed by atoms with Gasteiger partial charge in [-0.2, -0.15) is 11.8 Å². The van der Waals surface area contributed by atoms with Crippen LogP contribution in [0.1, 0.15) is 19.3 Å². The van der Waals surface area contributed by atoms with Crippen molar-refractivity contribution >= 4 is 33.6 Å². The van der Waals surface area contributed by atoms with Crippen LogP contribution in [0.3, 0.4) is 0 Å². The summed E-state index contributed by atoms with van der Waals surface area (Å²) in [6.45, 7) is 0.360. The van der Waals surface area contributed by atoms with Crippen molar-refractivity contribution in [2.24, 2.45) is 5.92 Å².